The van der Waals surface area contributed by atoms with Crippen LogP contribution in [-0.2, 0) is 6.54 Å². The molecule has 2 fully saturated rings. The second kappa shape index (κ2) is 4.21. The Morgan fingerprint density at radius 1 is 1.44 bits per heavy atom. The van der Waals surface area contributed by atoms with Gasteiger partial charge in [0.05, 0.1) is 6.33 Å². The van der Waals surface area contributed by atoms with E-state index in [4.69, 9.17) is 0 Å². The molecule has 2 unspecified atom stereocenters. The normalized spacial score (nSPS) is 30.6. The number of aromatic nitrogens is 2. The second-order valence-corrected chi connectivity index (χ2v) is 5.47. The quantitative estimate of drug-likeness (QED) is 0.842. The van der Waals surface area contributed by atoms with E-state index in [9.17, 15) is 0 Å². The predicted molar refractivity (Wildman–Crippen MR) is 64.3 cm³/mol. The zero-order valence-electron chi connectivity index (χ0n) is 10.0. The molecule has 16 heavy (non-hydrogen) atoms. The first kappa shape index (κ1) is 10.3. The van der Waals surface area contributed by atoms with Crippen molar-refractivity contribution in [3.63, 3.8) is 0 Å². The summed E-state index contributed by atoms with van der Waals surface area (Å²) in [6.45, 7) is 5.87. The number of piperidine rings is 1. The minimum absolute atomic E-state index is 0.734. The third-order valence-electron chi connectivity index (χ3n) is 4.21. The smallest absolute Gasteiger partial charge is 0.0948 e. The second-order valence-electron chi connectivity index (χ2n) is 5.47. The van der Waals surface area contributed by atoms with Crippen molar-refractivity contribution in [3.8, 4) is 0 Å². The van der Waals surface area contributed by atoms with E-state index < -0.39 is 0 Å². The number of imidazole rings is 1. The number of hydrogen-bond donors (Lipinski definition) is 1. The first-order chi connectivity index (χ1) is 7.84. The van der Waals surface area contributed by atoms with Crippen molar-refractivity contribution in [1.82, 2.24) is 14.9 Å². The Kier molecular flexibility index (Phi) is 2.72. The zero-order valence-corrected chi connectivity index (χ0v) is 10.0. The van der Waals surface area contributed by atoms with E-state index in [-0.39, 0.29) is 0 Å². The van der Waals surface area contributed by atoms with Gasteiger partial charge >= 0.3 is 0 Å². The van der Waals surface area contributed by atoms with Crippen LogP contribution in [0.2, 0.25) is 0 Å². The maximum Gasteiger partial charge on any atom is 0.0948 e. The SMILES string of the molecule is CC1CC1Cn1cncc1C1CCNCC1. The fourth-order valence-corrected chi connectivity index (χ4v) is 2.85. The number of hydrogen-bond acceptors (Lipinski definition) is 2. The molecule has 0 radical (unpaired) electrons. The van der Waals surface area contributed by atoms with Crippen molar-refractivity contribution in [2.45, 2.75) is 38.6 Å². The molecule has 0 bridgehead atoms. The van der Waals surface area contributed by atoms with Crippen LogP contribution in [0.4, 0.5) is 0 Å². The highest BCUT2D eigenvalue weighted by Crippen LogP contribution is 2.39. The fraction of sp³-hybridized carbons (Fsp3) is 0.769. The highest BCUT2D eigenvalue weighted by Gasteiger charge is 2.33. The van der Waals surface area contributed by atoms with Crippen molar-refractivity contribution in [3.05, 3.63) is 18.2 Å². The lowest BCUT2D eigenvalue weighted by molar-refractivity contribution is 0.433. The van der Waals surface area contributed by atoms with Gasteiger partial charge in [-0.25, -0.2) is 4.98 Å². The Labute approximate surface area is 97.3 Å². The summed E-state index contributed by atoms with van der Waals surface area (Å²) in [7, 11) is 0. The first-order valence-electron chi connectivity index (χ1n) is 6.55. The fourth-order valence-electron chi connectivity index (χ4n) is 2.85. The summed E-state index contributed by atoms with van der Waals surface area (Å²) >= 11 is 0. The Morgan fingerprint density at radius 2 is 2.19 bits per heavy atom. The summed E-state index contributed by atoms with van der Waals surface area (Å²) in [4.78, 5) is 4.35. The third-order valence-corrected chi connectivity index (χ3v) is 4.21. The van der Waals surface area contributed by atoms with E-state index in [0.29, 0.717) is 0 Å². The summed E-state index contributed by atoms with van der Waals surface area (Å²) in [5, 5.41) is 3.43. The molecule has 1 saturated heterocycles. The molecule has 1 aromatic heterocycles. The minimum Gasteiger partial charge on any atom is -0.334 e. The Morgan fingerprint density at radius 3 is 2.88 bits per heavy atom. The number of rotatable bonds is 3. The molecule has 0 amide bonds. The lowest BCUT2D eigenvalue weighted by atomic mass is 9.95. The van der Waals surface area contributed by atoms with Gasteiger partial charge in [-0.1, -0.05) is 6.92 Å². The summed E-state index contributed by atoms with van der Waals surface area (Å²) in [5.74, 6) is 2.58. The van der Waals surface area contributed by atoms with Crippen LogP contribution in [-0.4, -0.2) is 22.6 Å². The zero-order chi connectivity index (χ0) is 11.0. The van der Waals surface area contributed by atoms with Crippen LogP contribution >= 0.6 is 0 Å². The van der Waals surface area contributed by atoms with Gasteiger partial charge in [-0.15, -0.1) is 0 Å². The molecule has 0 spiro atoms. The number of nitrogens with zero attached hydrogens (tertiary/aromatic N) is 2. The molecule has 88 valence electrons. The van der Waals surface area contributed by atoms with Crippen molar-refractivity contribution >= 4 is 0 Å². The molecule has 1 saturated carbocycles. The van der Waals surface area contributed by atoms with Crippen molar-refractivity contribution in [2.24, 2.45) is 11.8 Å². The monoisotopic (exact) mass is 219 g/mol. The van der Waals surface area contributed by atoms with Gasteiger partial charge in [0.25, 0.3) is 0 Å². The van der Waals surface area contributed by atoms with Gasteiger partial charge in [-0.05, 0) is 44.2 Å². The lowest BCUT2D eigenvalue weighted by Crippen LogP contribution is -2.27. The van der Waals surface area contributed by atoms with E-state index in [0.717, 1.165) is 30.8 Å². The first-order valence-corrected chi connectivity index (χ1v) is 6.55. The standard InChI is InChI=1S/C13H21N3/c1-10-6-12(10)8-16-9-15-7-13(16)11-2-4-14-5-3-11/h7,9-12,14H,2-6,8H2,1H3. The summed E-state index contributed by atoms with van der Waals surface area (Å²) < 4.78 is 2.41. The maximum atomic E-state index is 4.35. The van der Waals surface area contributed by atoms with Gasteiger partial charge in [0.1, 0.15) is 0 Å². The molecule has 1 aliphatic carbocycles. The van der Waals surface area contributed by atoms with Crippen molar-refractivity contribution in [2.75, 3.05) is 13.1 Å². The Balaban J connectivity index is 1.70. The summed E-state index contributed by atoms with van der Waals surface area (Å²) in [6, 6.07) is 0. The van der Waals surface area contributed by atoms with Crippen LogP contribution in [0.15, 0.2) is 12.5 Å². The molecular formula is C13H21N3. The highest BCUT2D eigenvalue weighted by atomic mass is 15.1. The molecule has 2 aliphatic rings. The van der Waals surface area contributed by atoms with E-state index in [1.807, 2.05) is 6.33 Å². The van der Waals surface area contributed by atoms with Gasteiger partial charge in [0.2, 0.25) is 0 Å². The van der Waals surface area contributed by atoms with Crippen LogP contribution in [0.3, 0.4) is 0 Å². The van der Waals surface area contributed by atoms with Crippen LogP contribution < -0.4 is 5.32 Å². The van der Waals surface area contributed by atoms with Crippen LogP contribution in [0.25, 0.3) is 0 Å². The van der Waals surface area contributed by atoms with Gasteiger partial charge in [-0.3, -0.25) is 0 Å². The topological polar surface area (TPSA) is 29.9 Å². The van der Waals surface area contributed by atoms with E-state index >= 15 is 0 Å². The third kappa shape index (κ3) is 2.01. The van der Waals surface area contributed by atoms with Gasteiger partial charge in [0.15, 0.2) is 0 Å². The van der Waals surface area contributed by atoms with E-state index in [1.165, 1.54) is 31.5 Å². The van der Waals surface area contributed by atoms with Gasteiger partial charge < -0.3 is 9.88 Å². The van der Waals surface area contributed by atoms with Gasteiger partial charge in [0, 0.05) is 24.4 Å². The Bertz CT molecular complexity index is 352. The molecule has 1 aliphatic heterocycles. The highest BCUT2D eigenvalue weighted by molar-refractivity contribution is 5.08. The minimum atomic E-state index is 0.734. The summed E-state index contributed by atoms with van der Waals surface area (Å²) in [5.41, 5.74) is 1.47. The van der Waals surface area contributed by atoms with Gasteiger partial charge in [-0.2, -0.15) is 0 Å². The van der Waals surface area contributed by atoms with Crippen molar-refractivity contribution < 1.29 is 0 Å². The molecule has 2 heterocycles. The van der Waals surface area contributed by atoms with E-state index in [1.54, 1.807) is 0 Å². The molecule has 1 aromatic rings. The predicted octanol–water partition coefficient (Wildman–Crippen LogP) is 2.01. The molecule has 3 nitrogen and oxygen atoms in total. The summed E-state index contributed by atoms with van der Waals surface area (Å²) in [6.07, 6.45) is 8.06. The molecule has 3 heteroatoms. The molecule has 3 rings (SSSR count). The molecule has 2 atom stereocenters. The molecular weight excluding hydrogens is 198 g/mol. The Hall–Kier alpha value is -0.830. The molecule has 0 aromatic carbocycles. The molecule has 1 N–H and O–H groups in total. The lowest BCUT2D eigenvalue weighted by Gasteiger charge is -2.23. The van der Waals surface area contributed by atoms with E-state index in [2.05, 4.69) is 28.0 Å². The van der Waals surface area contributed by atoms with Crippen LogP contribution in [0, 0.1) is 11.8 Å². The average molecular weight is 219 g/mol. The maximum absolute atomic E-state index is 4.35. The van der Waals surface area contributed by atoms with Crippen molar-refractivity contribution in [1.29, 1.82) is 0 Å². The largest absolute Gasteiger partial charge is 0.334 e. The van der Waals surface area contributed by atoms with Crippen LogP contribution in [0.5, 0.6) is 0 Å². The number of nitrogens with one attached hydrogen (secondary N) is 1. The van der Waals surface area contributed by atoms with Crippen LogP contribution in [0.1, 0.15) is 37.8 Å². The average Bonchev–Trinajstić information content (AvgIpc) is 2.82.